The van der Waals surface area contributed by atoms with Crippen LogP contribution in [0.5, 0.6) is 0 Å². The quantitative estimate of drug-likeness (QED) is 0.382. The molecule has 7 nitrogen and oxygen atoms in total. The van der Waals surface area contributed by atoms with E-state index in [4.69, 9.17) is 4.98 Å². The minimum atomic E-state index is -3.89. The number of pyridine rings is 1. The van der Waals surface area contributed by atoms with Crippen molar-refractivity contribution < 1.29 is 18.0 Å². The summed E-state index contributed by atoms with van der Waals surface area (Å²) in [6.45, 7) is 2.20. The Balaban J connectivity index is 1.23. The Morgan fingerprint density at radius 1 is 0.771 bits per heavy atom. The van der Waals surface area contributed by atoms with Gasteiger partial charge >= 0.3 is 0 Å². The molecule has 0 radical (unpaired) electrons. The lowest BCUT2D eigenvalue weighted by molar-refractivity contribution is 0.0745. The highest BCUT2D eigenvalue weighted by molar-refractivity contribution is 7.91. The highest BCUT2D eigenvalue weighted by Gasteiger charge is 2.35. The topological polar surface area (TPSA) is 87.6 Å². The molecule has 0 saturated carbocycles. The van der Waals surface area contributed by atoms with Gasteiger partial charge < -0.3 is 9.80 Å². The Hall–Kier alpha value is -4.04. The number of anilines is 1. The number of piperazine rings is 1. The molecule has 0 atom stereocenters. The Morgan fingerprint density at radius 2 is 1.49 bits per heavy atom. The standard InChI is InChI=1S/C27H21N3O4S/c31-26-20-6-2-4-8-23(20)35(33,34)24-17-19(9-11-21(24)26)27(32)30-15-13-29(14-16-30)25-12-10-18-5-1-3-7-22(18)28-25/h1-12,17H,13-16H2. The molecule has 4 aromatic rings. The Morgan fingerprint density at radius 3 is 2.31 bits per heavy atom. The van der Waals surface area contributed by atoms with E-state index in [1.807, 2.05) is 36.4 Å². The third kappa shape index (κ3) is 3.49. The van der Waals surface area contributed by atoms with E-state index >= 15 is 0 Å². The molecule has 174 valence electrons. The Kier molecular flexibility index (Phi) is 4.93. The van der Waals surface area contributed by atoms with Gasteiger partial charge in [0.15, 0.2) is 5.78 Å². The number of amides is 1. The van der Waals surface area contributed by atoms with Crippen molar-refractivity contribution in [2.75, 3.05) is 31.1 Å². The van der Waals surface area contributed by atoms with Crippen LogP contribution < -0.4 is 4.90 Å². The number of para-hydroxylation sites is 1. The highest BCUT2D eigenvalue weighted by Crippen LogP contribution is 2.35. The van der Waals surface area contributed by atoms with Crippen LogP contribution >= 0.6 is 0 Å². The highest BCUT2D eigenvalue weighted by atomic mass is 32.2. The summed E-state index contributed by atoms with van der Waals surface area (Å²) in [5.41, 5.74) is 1.46. The fourth-order valence-electron chi connectivity index (χ4n) is 4.77. The van der Waals surface area contributed by atoms with Gasteiger partial charge in [0.25, 0.3) is 5.91 Å². The number of hydrogen-bond donors (Lipinski definition) is 0. The van der Waals surface area contributed by atoms with Crippen molar-refractivity contribution in [3.8, 4) is 0 Å². The summed E-state index contributed by atoms with van der Waals surface area (Å²) >= 11 is 0. The Labute approximate surface area is 202 Å². The van der Waals surface area contributed by atoms with Crippen molar-refractivity contribution in [3.05, 3.63) is 95.6 Å². The summed E-state index contributed by atoms with van der Waals surface area (Å²) in [5, 5.41) is 1.08. The maximum Gasteiger partial charge on any atom is 0.254 e. The van der Waals surface area contributed by atoms with E-state index in [2.05, 4.69) is 4.90 Å². The first-order valence-corrected chi connectivity index (χ1v) is 12.8. The van der Waals surface area contributed by atoms with E-state index in [1.54, 1.807) is 23.1 Å². The predicted molar refractivity (Wildman–Crippen MR) is 132 cm³/mol. The molecule has 3 aromatic carbocycles. The zero-order chi connectivity index (χ0) is 24.2. The number of benzene rings is 3. The fraction of sp³-hybridized carbons (Fsp3) is 0.148. The maximum atomic E-state index is 13.3. The van der Waals surface area contributed by atoms with Crippen molar-refractivity contribution in [1.82, 2.24) is 9.88 Å². The monoisotopic (exact) mass is 483 g/mol. The van der Waals surface area contributed by atoms with Crippen LogP contribution in [0.15, 0.2) is 88.7 Å². The molecule has 8 heteroatoms. The Bertz CT molecular complexity index is 1620. The molecule has 0 bridgehead atoms. The van der Waals surface area contributed by atoms with E-state index in [0.717, 1.165) is 16.7 Å². The van der Waals surface area contributed by atoms with E-state index < -0.39 is 9.84 Å². The molecular formula is C27H21N3O4S. The van der Waals surface area contributed by atoms with Gasteiger partial charge in [0.1, 0.15) is 5.82 Å². The van der Waals surface area contributed by atoms with Crippen LogP contribution in [0.25, 0.3) is 10.9 Å². The predicted octanol–water partition coefficient (Wildman–Crippen LogP) is 3.57. The van der Waals surface area contributed by atoms with Gasteiger partial charge in [-0.3, -0.25) is 9.59 Å². The van der Waals surface area contributed by atoms with Crippen LogP contribution in [-0.2, 0) is 9.84 Å². The van der Waals surface area contributed by atoms with E-state index in [0.29, 0.717) is 26.2 Å². The van der Waals surface area contributed by atoms with Crippen molar-refractivity contribution in [1.29, 1.82) is 0 Å². The summed E-state index contributed by atoms with van der Waals surface area (Å²) in [6.07, 6.45) is 0. The van der Waals surface area contributed by atoms with Crippen molar-refractivity contribution in [3.63, 3.8) is 0 Å². The van der Waals surface area contributed by atoms with Gasteiger partial charge in [0, 0.05) is 48.3 Å². The molecule has 0 aliphatic carbocycles. The molecule has 0 unspecified atom stereocenters. The zero-order valence-electron chi connectivity index (χ0n) is 18.7. The molecule has 1 saturated heterocycles. The number of hydrogen-bond acceptors (Lipinski definition) is 6. The first-order chi connectivity index (χ1) is 16.9. The van der Waals surface area contributed by atoms with Gasteiger partial charge in [-0.1, -0.05) is 30.3 Å². The molecule has 1 aromatic heterocycles. The maximum absolute atomic E-state index is 13.3. The molecule has 0 spiro atoms. The van der Waals surface area contributed by atoms with Crippen molar-refractivity contribution in [2.24, 2.45) is 0 Å². The lowest BCUT2D eigenvalue weighted by atomic mass is 10.0. The minimum absolute atomic E-state index is 0.0152. The molecule has 0 N–H and O–H groups in total. The van der Waals surface area contributed by atoms with Crippen molar-refractivity contribution in [2.45, 2.75) is 9.79 Å². The van der Waals surface area contributed by atoms with Crippen LogP contribution in [0.4, 0.5) is 5.82 Å². The van der Waals surface area contributed by atoms with Crippen LogP contribution in [-0.4, -0.2) is 56.2 Å². The second-order valence-electron chi connectivity index (χ2n) is 8.68. The zero-order valence-corrected chi connectivity index (χ0v) is 19.5. The first-order valence-electron chi connectivity index (χ1n) is 11.4. The summed E-state index contributed by atoms with van der Waals surface area (Å²) < 4.78 is 26.4. The molecule has 35 heavy (non-hydrogen) atoms. The van der Waals surface area contributed by atoms with Crippen molar-refractivity contribution >= 4 is 38.2 Å². The third-order valence-electron chi connectivity index (χ3n) is 6.66. The van der Waals surface area contributed by atoms with Gasteiger partial charge in [0.05, 0.1) is 15.3 Å². The molecule has 3 heterocycles. The van der Waals surface area contributed by atoms with E-state index in [9.17, 15) is 18.0 Å². The van der Waals surface area contributed by atoms with Gasteiger partial charge in [-0.05, 0) is 48.5 Å². The number of carbonyl (C=O) groups excluding carboxylic acids is 2. The molecule has 2 aliphatic rings. The normalized spacial score (nSPS) is 16.6. The number of nitrogens with zero attached hydrogens (tertiary/aromatic N) is 3. The molecule has 1 fully saturated rings. The largest absolute Gasteiger partial charge is 0.353 e. The number of rotatable bonds is 2. The average Bonchev–Trinajstić information content (AvgIpc) is 2.91. The fourth-order valence-corrected chi connectivity index (χ4v) is 6.45. The summed E-state index contributed by atoms with van der Waals surface area (Å²) in [7, 11) is -3.89. The third-order valence-corrected chi connectivity index (χ3v) is 8.51. The van der Waals surface area contributed by atoms with E-state index in [1.165, 1.54) is 24.3 Å². The number of ketones is 1. The number of sulfone groups is 1. The average molecular weight is 484 g/mol. The lowest BCUT2D eigenvalue weighted by Crippen LogP contribution is -2.49. The molecule has 1 amide bonds. The summed E-state index contributed by atoms with van der Waals surface area (Å²) in [5.74, 6) is 0.272. The first kappa shape index (κ1) is 21.5. The minimum Gasteiger partial charge on any atom is -0.353 e. The SMILES string of the molecule is O=C1c2ccccc2S(=O)(=O)c2cc(C(=O)N3CCN(c4ccc5ccccc5n4)CC3)ccc21. The smallest absolute Gasteiger partial charge is 0.254 e. The molecule has 2 aliphatic heterocycles. The van der Waals surface area contributed by atoms with Crippen LogP contribution in [0, 0.1) is 0 Å². The number of carbonyl (C=O) groups is 2. The van der Waals surface area contributed by atoms with Gasteiger partial charge in [-0.15, -0.1) is 0 Å². The van der Waals surface area contributed by atoms with Gasteiger partial charge in [-0.2, -0.15) is 0 Å². The van der Waals surface area contributed by atoms with Crippen LogP contribution in [0.3, 0.4) is 0 Å². The molecule has 6 rings (SSSR count). The number of aromatic nitrogens is 1. The van der Waals surface area contributed by atoms with E-state index in [-0.39, 0.29) is 38.2 Å². The lowest BCUT2D eigenvalue weighted by Gasteiger charge is -2.35. The summed E-state index contributed by atoms with van der Waals surface area (Å²) in [6, 6.07) is 22.5. The summed E-state index contributed by atoms with van der Waals surface area (Å²) in [4.78, 5) is 34.6. The number of fused-ring (bicyclic) bond motifs is 3. The van der Waals surface area contributed by atoms with Crippen LogP contribution in [0.1, 0.15) is 26.3 Å². The molecular weight excluding hydrogens is 462 g/mol. The second-order valence-corrected chi connectivity index (χ2v) is 10.6. The second kappa shape index (κ2) is 8.02. The van der Waals surface area contributed by atoms with Crippen LogP contribution in [0.2, 0.25) is 0 Å². The van der Waals surface area contributed by atoms with Gasteiger partial charge in [-0.25, -0.2) is 13.4 Å². The van der Waals surface area contributed by atoms with Gasteiger partial charge in [0.2, 0.25) is 9.84 Å².